The highest BCUT2D eigenvalue weighted by atomic mass is 32.2. The number of hydrogen-bond donors (Lipinski definition) is 1. The topological polar surface area (TPSA) is 81.2 Å². The minimum absolute atomic E-state index is 0.318. The van der Waals surface area contributed by atoms with Gasteiger partial charge in [-0.1, -0.05) is 0 Å². The van der Waals surface area contributed by atoms with Crippen molar-refractivity contribution in [3.8, 4) is 0 Å². The van der Waals surface area contributed by atoms with Crippen molar-refractivity contribution in [1.82, 2.24) is 14.1 Å². The third-order valence-corrected chi connectivity index (χ3v) is 4.67. The van der Waals surface area contributed by atoms with E-state index < -0.39 is 10.0 Å². The van der Waals surface area contributed by atoms with Crippen LogP contribution in [0.25, 0.3) is 0 Å². The van der Waals surface area contributed by atoms with Crippen LogP contribution in [0.5, 0.6) is 0 Å². The van der Waals surface area contributed by atoms with E-state index in [1.807, 2.05) is 10.7 Å². The van der Waals surface area contributed by atoms with Gasteiger partial charge in [0, 0.05) is 32.4 Å². The number of rotatable bonds is 4. The van der Waals surface area contributed by atoms with Crippen molar-refractivity contribution >= 4 is 10.0 Å². The molecular formula is C11H20N4O2S. The summed E-state index contributed by atoms with van der Waals surface area (Å²) in [5, 5.41) is 4.24. The molecule has 18 heavy (non-hydrogen) atoms. The molecule has 1 unspecified atom stereocenters. The molecule has 1 aromatic heterocycles. The second kappa shape index (κ2) is 5.38. The molecular weight excluding hydrogens is 252 g/mol. The first-order chi connectivity index (χ1) is 8.50. The van der Waals surface area contributed by atoms with Crippen molar-refractivity contribution in [2.75, 3.05) is 19.3 Å². The Bertz CT molecular complexity index is 497. The molecule has 2 N–H and O–H groups in total. The molecule has 1 saturated heterocycles. The standard InChI is InChI=1S/C11H20N4O2S/c1-18(16,17)14-6-2-3-10(8-14)9-15-11(7-12)4-5-13-15/h4-5,10H,2-3,6-9,12H2,1H3. The fourth-order valence-electron chi connectivity index (χ4n) is 2.42. The van der Waals surface area contributed by atoms with Crippen molar-refractivity contribution in [2.45, 2.75) is 25.9 Å². The van der Waals surface area contributed by atoms with Crippen molar-refractivity contribution < 1.29 is 8.42 Å². The molecule has 1 fully saturated rings. The van der Waals surface area contributed by atoms with Crippen LogP contribution in [0.2, 0.25) is 0 Å². The Morgan fingerprint density at radius 1 is 1.56 bits per heavy atom. The molecule has 0 saturated carbocycles. The van der Waals surface area contributed by atoms with E-state index in [0.29, 0.717) is 25.6 Å². The molecule has 1 aromatic rings. The van der Waals surface area contributed by atoms with Crippen molar-refractivity contribution in [3.63, 3.8) is 0 Å². The number of hydrogen-bond acceptors (Lipinski definition) is 4. The summed E-state index contributed by atoms with van der Waals surface area (Å²) in [6.45, 7) is 2.43. The van der Waals surface area contributed by atoms with E-state index in [1.165, 1.54) is 6.26 Å². The van der Waals surface area contributed by atoms with E-state index in [-0.39, 0.29) is 0 Å². The van der Waals surface area contributed by atoms with Gasteiger partial charge in [0.1, 0.15) is 0 Å². The summed E-state index contributed by atoms with van der Waals surface area (Å²) >= 11 is 0. The number of aromatic nitrogens is 2. The fourth-order valence-corrected chi connectivity index (χ4v) is 3.36. The van der Waals surface area contributed by atoms with Crippen LogP contribution in [0.3, 0.4) is 0 Å². The molecule has 1 atom stereocenters. The second-order valence-corrected chi connectivity index (χ2v) is 6.82. The maximum absolute atomic E-state index is 11.5. The number of piperidine rings is 1. The van der Waals surface area contributed by atoms with E-state index in [9.17, 15) is 8.42 Å². The van der Waals surface area contributed by atoms with Gasteiger partial charge in [0.2, 0.25) is 10.0 Å². The van der Waals surface area contributed by atoms with Crippen LogP contribution in [-0.2, 0) is 23.1 Å². The summed E-state index contributed by atoms with van der Waals surface area (Å²) in [5.74, 6) is 0.318. The van der Waals surface area contributed by atoms with Crippen molar-refractivity contribution in [2.24, 2.45) is 11.7 Å². The summed E-state index contributed by atoms with van der Waals surface area (Å²) in [7, 11) is -3.07. The molecule has 0 aliphatic carbocycles. The van der Waals surface area contributed by atoms with Crippen LogP contribution in [0.4, 0.5) is 0 Å². The van der Waals surface area contributed by atoms with Gasteiger partial charge >= 0.3 is 0 Å². The van der Waals surface area contributed by atoms with Gasteiger partial charge in [-0.2, -0.15) is 5.10 Å². The summed E-state index contributed by atoms with van der Waals surface area (Å²) in [4.78, 5) is 0. The lowest BCUT2D eigenvalue weighted by molar-refractivity contribution is 0.239. The number of sulfonamides is 1. The van der Waals surface area contributed by atoms with Gasteiger partial charge in [0.05, 0.1) is 11.9 Å². The van der Waals surface area contributed by atoms with Crippen LogP contribution in [0, 0.1) is 5.92 Å². The molecule has 102 valence electrons. The first kappa shape index (κ1) is 13.5. The first-order valence-electron chi connectivity index (χ1n) is 6.16. The van der Waals surface area contributed by atoms with E-state index in [1.54, 1.807) is 10.5 Å². The number of nitrogens with two attached hydrogens (primary N) is 1. The van der Waals surface area contributed by atoms with Gasteiger partial charge in [-0.05, 0) is 24.8 Å². The SMILES string of the molecule is CS(=O)(=O)N1CCCC(Cn2nccc2CN)C1. The summed E-state index contributed by atoms with van der Waals surface area (Å²) < 4.78 is 26.5. The Balaban J connectivity index is 2.02. The van der Waals surface area contributed by atoms with Crippen LogP contribution in [0.1, 0.15) is 18.5 Å². The molecule has 6 nitrogen and oxygen atoms in total. The average molecular weight is 272 g/mol. The Morgan fingerprint density at radius 3 is 3.00 bits per heavy atom. The predicted octanol–water partition coefficient (Wildman–Crippen LogP) is 0.0134. The molecule has 0 amide bonds. The zero-order valence-electron chi connectivity index (χ0n) is 10.6. The molecule has 2 rings (SSSR count). The van der Waals surface area contributed by atoms with E-state index in [4.69, 9.17) is 5.73 Å². The van der Waals surface area contributed by atoms with Gasteiger partial charge in [0.25, 0.3) is 0 Å². The normalized spacial score (nSPS) is 22.2. The maximum Gasteiger partial charge on any atom is 0.211 e. The van der Waals surface area contributed by atoms with Crippen molar-refractivity contribution in [1.29, 1.82) is 0 Å². The van der Waals surface area contributed by atoms with E-state index >= 15 is 0 Å². The lowest BCUT2D eigenvalue weighted by Crippen LogP contribution is -2.40. The van der Waals surface area contributed by atoms with Gasteiger partial charge in [-0.15, -0.1) is 0 Å². The quantitative estimate of drug-likeness (QED) is 0.837. The Kier molecular flexibility index (Phi) is 4.04. The Labute approximate surface area is 108 Å². The summed E-state index contributed by atoms with van der Waals surface area (Å²) in [6, 6.07) is 1.90. The zero-order valence-corrected chi connectivity index (χ0v) is 11.4. The molecule has 0 spiro atoms. The van der Waals surface area contributed by atoms with E-state index in [2.05, 4.69) is 5.10 Å². The third-order valence-electron chi connectivity index (χ3n) is 3.40. The number of nitrogens with zero attached hydrogens (tertiary/aromatic N) is 3. The lowest BCUT2D eigenvalue weighted by atomic mass is 10.00. The maximum atomic E-state index is 11.5. The Morgan fingerprint density at radius 2 is 2.33 bits per heavy atom. The average Bonchev–Trinajstić information content (AvgIpc) is 2.75. The van der Waals surface area contributed by atoms with Crippen LogP contribution < -0.4 is 5.73 Å². The lowest BCUT2D eigenvalue weighted by Gasteiger charge is -2.31. The molecule has 0 bridgehead atoms. The van der Waals surface area contributed by atoms with Gasteiger partial charge in [0.15, 0.2) is 0 Å². The smallest absolute Gasteiger partial charge is 0.211 e. The molecule has 0 radical (unpaired) electrons. The van der Waals surface area contributed by atoms with Crippen LogP contribution in [-0.4, -0.2) is 41.8 Å². The molecule has 1 aliphatic heterocycles. The second-order valence-electron chi connectivity index (χ2n) is 4.84. The van der Waals surface area contributed by atoms with Crippen molar-refractivity contribution in [3.05, 3.63) is 18.0 Å². The van der Waals surface area contributed by atoms with E-state index in [0.717, 1.165) is 25.1 Å². The monoisotopic (exact) mass is 272 g/mol. The zero-order chi connectivity index (χ0) is 13.2. The Hall–Kier alpha value is -0.920. The molecule has 2 heterocycles. The largest absolute Gasteiger partial charge is 0.325 e. The first-order valence-corrected chi connectivity index (χ1v) is 8.01. The highest BCUT2D eigenvalue weighted by Gasteiger charge is 2.26. The van der Waals surface area contributed by atoms with Crippen LogP contribution in [0.15, 0.2) is 12.3 Å². The van der Waals surface area contributed by atoms with Gasteiger partial charge < -0.3 is 5.73 Å². The highest BCUT2D eigenvalue weighted by molar-refractivity contribution is 7.88. The van der Waals surface area contributed by atoms with Gasteiger partial charge in [-0.3, -0.25) is 4.68 Å². The highest BCUT2D eigenvalue weighted by Crippen LogP contribution is 2.20. The third kappa shape index (κ3) is 3.09. The minimum Gasteiger partial charge on any atom is -0.325 e. The van der Waals surface area contributed by atoms with Gasteiger partial charge in [-0.25, -0.2) is 12.7 Å². The van der Waals surface area contributed by atoms with Crippen LogP contribution >= 0.6 is 0 Å². The summed E-state index contributed by atoms with van der Waals surface area (Å²) in [5.41, 5.74) is 6.62. The predicted molar refractivity (Wildman–Crippen MR) is 69.3 cm³/mol. The molecule has 7 heteroatoms. The molecule has 1 aliphatic rings. The molecule has 0 aromatic carbocycles. The fraction of sp³-hybridized carbons (Fsp3) is 0.727. The summed E-state index contributed by atoms with van der Waals surface area (Å²) in [6.07, 6.45) is 4.96. The minimum atomic E-state index is -3.07.